The second-order valence-electron chi connectivity index (χ2n) is 7.46. The van der Waals surface area contributed by atoms with Gasteiger partial charge in [0.1, 0.15) is 0 Å². The number of aromatic nitrogens is 1. The molecular weight excluding hydrogens is 402 g/mol. The van der Waals surface area contributed by atoms with Crippen LogP contribution in [0.15, 0.2) is 95.9 Å². The summed E-state index contributed by atoms with van der Waals surface area (Å²) in [7, 11) is 0. The fourth-order valence-corrected chi connectivity index (χ4v) is 3.42. The van der Waals surface area contributed by atoms with Gasteiger partial charge in [-0.3, -0.25) is 14.6 Å². The number of hydrogen-bond donors (Lipinski definition) is 1. The third kappa shape index (κ3) is 5.10. The van der Waals surface area contributed by atoms with Gasteiger partial charge in [-0.25, -0.2) is 0 Å². The molecule has 6 nitrogen and oxygen atoms in total. The van der Waals surface area contributed by atoms with Crippen molar-refractivity contribution in [1.82, 2.24) is 9.88 Å². The van der Waals surface area contributed by atoms with E-state index in [4.69, 9.17) is 4.42 Å². The third-order valence-electron chi connectivity index (χ3n) is 5.12. The standard InChI is InChI=1S/C26H23N3O3/c1-19-7-2-3-9-22(19)18-29(17-20-8-5-13-27-16-20)26(31)21-10-4-11-23(15-21)28-25(30)24-12-6-14-32-24/h2-16H,17-18H2,1H3,(H,28,30). The minimum Gasteiger partial charge on any atom is -0.459 e. The van der Waals surface area contributed by atoms with Crippen molar-refractivity contribution in [3.8, 4) is 0 Å². The summed E-state index contributed by atoms with van der Waals surface area (Å²) in [6.45, 7) is 2.92. The van der Waals surface area contributed by atoms with Crippen LogP contribution < -0.4 is 5.32 Å². The van der Waals surface area contributed by atoms with Crippen molar-refractivity contribution >= 4 is 17.5 Å². The van der Waals surface area contributed by atoms with Crippen LogP contribution >= 0.6 is 0 Å². The van der Waals surface area contributed by atoms with Gasteiger partial charge < -0.3 is 14.6 Å². The molecule has 0 saturated heterocycles. The summed E-state index contributed by atoms with van der Waals surface area (Å²) in [5.41, 5.74) is 4.15. The Morgan fingerprint density at radius 1 is 0.969 bits per heavy atom. The number of amides is 2. The van der Waals surface area contributed by atoms with E-state index in [0.29, 0.717) is 24.3 Å². The van der Waals surface area contributed by atoms with Gasteiger partial charge >= 0.3 is 0 Å². The molecular formula is C26H23N3O3. The predicted molar refractivity (Wildman–Crippen MR) is 122 cm³/mol. The van der Waals surface area contributed by atoms with E-state index < -0.39 is 0 Å². The van der Waals surface area contributed by atoms with Crippen LogP contribution in [0.5, 0.6) is 0 Å². The van der Waals surface area contributed by atoms with E-state index in [1.165, 1.54) is 6.26 Å². The fraction of sp³-hybridized carbons (Fsp3) is 0.115. The molecule has 0 fully saturated rings. The smallest absolute Gasteiger partial charge is 0.291 e. The molecule has 6 heteroatoms. The number of nitrogens with one attached hydrogen (secondary N) is 1. The first-order chi connectivity index (χ1) is 15.6. The van der Waals surface area contributed by atoms with Crippen LogP contribution in [-0.4, -0.2) is 21.7 Å². The highest BCUT2D eigenvalue weighted by molar-refractivity contribution is 6.03. The van der Waals surface area contributed by atoms with Gasteiger partial charge in [-0.15, -0.1) is 0 Å². The molecule has 0 aliphatic heterocycles. The lowest BCUT2D eigenvalue weighted by Gasteiger charge is -2.24. The average molecular weight is 425 g/mol. The van der Waals surface area contributed by atoms with Crippen LogP contribution in [0.25, 0.3) is 0 Å². The molecule has 4 aromatic rings. The molecule has 1 N–H and O–H groups in total. The summed E-state index contributed by atoms with van der Waals surface area (Å²) >= 11 is 0. The van der Waals surface area contributed by atoms with Crippen molar-refractivity contribution in [3.63, 3.8) is 0 Å². The molecule has 2 amide bonds. The molecule has 0 bridgehead atoms. The molecule has 2 aromatic carbocycles. The monoisotopic (exact) mass is 425 g/mol. The highest BCUT2D eigenvalue weighted by Crippen LogP contribution is 2.19. The Labute approximate surface area is 186 Å². The summed E-state index contributed by atoms with van der Waals surface area (Å²) in [5, 5.41) is 2.77. The van der Waals surface area contributed by atoms with E-state index in [1.54, 1.807) is 53.7 Å². The van der Waals surface area contributed by atoms with E-state index in [0.717, 1.165) is 16.7 Å². The Balaban J connectivity index is 1.58. The topological polar surface area (TPSA) is 75.4 Å². The average Bonchev–Trinajstić information content (AvgIpc) is 3.36. The maximum atomic E-state index is 13.5. The van der Waals surface area contributed by atoms with Gasteiger partial charge in [-0.1, -0.05) is 36.4 Å². The maximum Gasteiger partial charge on any atom is 0.291 e. The van der Waals surface area contributed by atoms with Gasteiger partial charge in [0.05, 0.1) is 6.26 Å². The Hall–Kier alpha value is -4.19. The van der Waals surface area contributed by atoms with Crippen LogP contribution in [0.4, 0.5) is 5.69 Å². The number of pyridine rings is 1. The minimum atomic E-state index is -0.369. The summed E-state index contributed by atoms with van der Waals surface area (Å²) in [6.07, 6.45) is 4.91. The van der Waals surface area contributed by atoms with Crippen LogP contribution in [0.1, 0.15) is 37.6 Å². The van der Waals surface area contributed by atoms with Crippen molar-refractivity contribution in [2.45, 2.75) is 20.0 Å². The summed E-state index contributed by atoms with van der Waals surface area (Å²) < 4.78 is 5.13. The van der Waals surface area contributed by atoms with E-state index >= 15 is 0 Å². The molecule has 0 unspecified atom stereocenters. The summed E-state index contributed by atoms with van der Waals surface area (Å²) in [5.74, 6) is -0.294. The number of aryl methyl sites for hydroxylation is 1. The number of furan rings is 1. The van der Waals surface area contributed by atoms with Gasteiger partial charge in [0.25, 0.3) is 11.8 Å². The molecule has 4 rings (SSSR count). The quantitative estimate of drug-likeness (QED) is 0.448. The summed E-state index contributed by atoms with van der Waals surface area (Å²) in [4.78, 5) is 31.8. The van der Waals surface area contributed by atoms with E-state index in [2.05, 4.69) is 10.3 Å². The lowest BCUT2D eigenvalue weighted by Crippen LogP contribution is -2.30. The first-order valence-corrected chi connectivity index (χ1v) is 10.3. The van der Waals surface area contributed by atoms with Gasteiger partial charge in [-0.2, -0.15) is 0 Å². The van der Waals surface area contributed by atoms with Crippen molar-refractivity contribution < 1.29 is 14.0 Å². The van der Waals surface area contributed by atoms with Gasteiger partial charge in [-0.05, 0) is 60.0 Å². The molecule has 2 heterocycles. The third-order valence-corrected chi connectivity index (χ3v) is 5.12. The Morgan fingerprint density at radius 3 is 2.59 bits per heavy atom. The molecule has 0 spiro atoms. The largest absolute Gasteiger partial charge is 0.459 e. The molecule has 0 aliphatic carbocycles. The zero-order chi connectivity index (χ0) is 22.3. The first kappa shape index (κ1) is 21.1. The second-order valence-corrected chi connectivity index (χ2v) is 7.46. The number of carbonyl (C=O) groups excluding carboxylic acids is 2. The minimum absolute atomic E-state index is 0.133. The van der Waals surface area contributed by atoms with Crippen LogP contribution in [0.3, 0.4) is 0 Å². The zero-order valence-electron chi connectivity index (χ0n) is 17.7. The van der Waals surface area contributed by atoms with Crippen molar-refractivity contribution in [2.75, 3.05) is 5.32 Å². The molecule has 0 atom stereocenters. The first-order valence-electron chi connectivity index (χ1n) is 10.3. The van der Waals surface area contributed by atoms with Gasteiger partial charge in [0.2, 0.25) is 0 Å². The normalized spacial score (nSPS) is 10.5. The number of rotatable bonds is 7. The number of hydrogen-bond acceptors (Lipinski definition) is 4. The fourth-order valence-electron chi connectivity index (χ4n) is 3.42. The van der Waals surface area contributed by atoms with Crippen LogP contribution in [-0.2, 0) is 13.1 Å². The highest BCUT2D eigenvalue weighted by atomic mass is 16.3. The van der Waals surface area contributed by atoms with Crippen LogP contribution in [0.2, 0.25) is 0 Å². The number of nitrogens with zero attached hydrogens (tertiary/aromatic N) is 2. The van der Waals surface area contributed by atoms with E-state index in [9.17, 15) is 9.59 Å². The Kier molecular flexibility index (Phi) is 6.41. The molecule has 160 valence electrons. The van der Waals surface area contributed by atoms with Gasteiger partial charge in [0.15, 0.2) is 5.76 Å². The van der Waals surface area contributed by atoms with E-state index in [-0.39, 0.29) is 17.6 Å². The van der Waals surface area contributed by atoms with Crippen LogP contribution in [0, 0.1) is 6.92 Å². The highest BCUT2D eigenvalue weighted by Gasteiger charge is 2.19. The SMILES string of the molecule is Cc1ccccc1CN(Cc1cccnc1)C(=O)c1cccc(NC(=O)c2ccco2)c1. The summed E-state index contributed by atoms with van der Waals surface area (Å²) in [6, 6.07) is 22.0. The van der Waals surface area contributed by atoms with E-state index in [1.807, 2.05) is 43.3 Å². The van der Waals surface area contributed by atoms with Gasteiger partial charge in [0, 0.05) is 36.7 Å². The molecule has 0 aliphatic rings. The van der Waals surface area contributed by atoms with Crippen molar-refractivity contribution in [1.29, 1.82) is 0 Å². The molecule has 32 heavy (non-hydrogen) atoms. The molecule has 0 radical (unpaired) electrons. The number of carbonyl (C=O) groups is 2. The predicted octanol–water partition coefficient (Wildman–Crippen LogP) is 5.08. The Bertz CT molecular complexity index is 1200. The van der Waals surface area contributed by atoms with Crippen molar-refractivity contribution in [3.05, 3.63) is 119 Å². The Morgan fingerprint density at radius 2 is 1.84 bits per heavy atom. The molecule has 2 aromatic heterocycles. The van der Waals surface area contributed by atoms with Crippen molar-refractivity contribution in [2.24, 2.45) is 0 Å². The maximum absolute atomic E-state index is 13.5. The molecule has 0 saturated carbocycles. The lowest BCUT2D eigenvalue weighted by molar-refractivity contribution is 0.0729. The number of benzene rings is 2. The second kappa shape index (κ2) is 9.75. The number of anilines is 1. The lowest BCUT2D eigenvalue weighted by atomic mass is 10.1. The zero-order valence-corrected chi connectivity index (χ0v) is 17.7.